The molecule has 0 bridgehead atoms. The third-order valence-corrected chi connectivity index (χ3v) is 9.33. The molecule has 326 valence electrons. The number of nitrogens with zero attached hydrogens (tertiary/aromatic N) is 3. The second-order valence-electron chi connectivity index (χ2n) is 14.6. The van der Waals surface area contributed by atoms with Crippen molar-refractivity contribution in [2.75, 3.05) is 31.9 Å². The van der Waals surface area contributed by atoms with Gasteiger partial charge in [-0.15, -0.1) is 0 Å². The zero-order chi connectivity index (χ0) is 44.5. The van der Waals surface area contributed by atoms with Crippen LogP contribution < -0.4 is 31.9 Å². The minimum absolute atomic E-state index is 0. The van der Waals surface area contributed by atoms with Crippen molar-refractivity contribution in [3.8, 4) is 0 Å². The number of carbonyl (C=O) groups excluding carboxylic acids is 3. The normalized spacial score (nSPS) is 10.4. The summed E-state index contributed by atoms with van der Waals surface area (Å²) < 4.78 is 13.0. The van der Waals surface area contributed by atoms with Crippen LogP contribution in [0.4, 0.5) is 52.9 Å². The van der Waals surface area contributed by atoms with Crippen molar-refractivity contribution in [2.24, 2.45) is 0 Å². The maximum atomic E-state index is 13.0. The molecule has 0 saturated carbocycles. The van der Waals surface area contributed by atoms with Gasteiger partial charge >= 0.3 is 18.1 Å². The van der Waals surface area contributed by atoms with Crippen molar-refractivity contribution in [3.05, 3.63) is 162 Å². The van der Waals surface area contributed by atoms with Gasteiger partial charge in [-0.25, -0.2) is 33.7 Å². The number of fused-ring (bicyclic) bond motifs is 3. The zero-order valence-corrected chi connectivity index (χ0v) is 35.1. The molecule has 3 aromatic heterocycles. The molecule has 0 saturated heterocycles. The van der Waals surface area contributed by atoms with Crippen LogP contribution in [-0.4, -0.2) is 48.0 Å². The molecule has 16 heteroatoms. The van der Waals surface area contributed by atoms with Gasteiger partial charge in [-0.3, -0.25) is 0 Å². The van der Waals surface area contributed by atoms with E-state index in [1.165, 1.54) is 18.2 Å². The number of urea groups is 3. The second kappa shape index (κ2) is 20.4. The summed E-state index contributed by atoms with van der Waals surface area (Å²) in [4.78, 5) is 58.2. The fraction of sp³-hybridized carbons (Fsp3) is 0.125. The summed E-state index contributed by atoms with van der Waals surface area (Å²) in [5.41, 5.74) is 11.4. The van der Waals surface area contributed by atoms with Gasteiger partial charge in [0.25, 0.3) is 0 Å². The monoisotopic (exact) mass is 860 g/mol. The van der Waals surface area contributed by atoms with Gasteiger partial charge in [-0.1, -0.05) is 43.8 Å². The van der Waals surface area contributed by atoms with E-state index >= 15 is 0 Å². The van der Waals surface area contributed by atoms with E-state index in [2.05, 4.69) is 61.8 Å². The van der Waals surface area contributed by atoms with Crippen LogP contribution in [0.15, 0.2) is 127 Å². The molecule has 6 amide bonds. The highest BCUT2D eigenvalue weighted by Crippen LogP contribution is 2.21. The Hall–Kier alpha value is -8.53. The van der Waals surface area contributed by atoms with Crippen molar-refractivity contribution >= 4 is 85.3 Å². The van der Waals surface area contributed by atoms with E-state index in [9.17, 15) is 18.8 Å². The summed E-state index contributed by atoms with van der Waals surface area (Å²) in [5.74, 6) is 2.12. The van der Waals surface area contributed by atoms with Gasteiger partial charge in [0.1, 0.15) is 23.3 Å². The minimum atomic E-state index is -0.434. The number of hydrogen-bond donors (Lipinski definition) is 9. The first-order valence-corrected chi connectivity index (χ1v) is 19.8. The number of halogens is 1. The molecule has 15 nitrogen and oxygen atoms in total. The van der Waals surface area contributed by atoms with Crippen molar-refractivity contribution < 1.29 is 18.8 Å². The first-order valence-electron chi connectivity index (χ1n) is 19.8. The number of para-hydroxylation sites is 1. The summed E-state index contributed by atoms with van der Waals surface area (Å²) in [6.45, 7) is 9.60. The van der Waals surface area contributed by atoms with Crippen LogP contribution >= 0.6 is 0 Å². The number of benzene rings is 6. The van der Waals surface area contributed by atoms with Crippen molar-refractivity contribution in [1.29, 1.82) is 0 Å². The molecule has 9 rings (SSSR count). The van der Waals surface area contributed by atoms with E-state index < -0.39 is 11.8 Å². The largest absolute Gasteiger partial charge is 0.342 e. The van der Waals surface area contributed by atoms with E-state index in [0.717, 1.165) is 84.4 Å². The lowest BCUT2D eigenvalue weighted by molar-refractivity contribution is 0.261. The zero-order valence-electron chi connectivity index (χ0n) is 35.1. The van der Waals surface area contributed by atoms with Gasteiger partial charge < -0.3 is 46.9 Å². The Morgan fingerprint density at radius 2 is 0.828 bits per heavy atom. The number of aromatic nitrogens is 6. The highest BCUT2D eigenvalue weighted by atomic mass is 19.1. The molecule has 9 N–H and O–H groups in total. The van der Waals surface area contributed by atoms with E-state index in [-0.39, 0.29) is 19.5 Å². The maximum Gasteiger partial charge on any atom is 0.323 e. The number of imidazole rings is 3. The van der Waals surface area contributed by atoms with Crippen molar-refractivity contribution in [3.63, 3.8) is 0 Å². The van der Waals surface area contributed by atoms with Gasteiger partial charge in [0.15, 0.2) is 0 Å². The Bertz CT molecular complexity index is 2940. The molecular weight excluding hydrogens is 812 g/mol. The molecule has 0 unspecified atom stereocenters. The minimum Gasteiger partial charge on any atom is -0.342 e. The molecule has 64 heavy (non-hydrogen) atoms. The van der Waals surface area contributed by atoms with Crippen LogP contribution in [-0.2, 0) is 0 Å². The Labute approximate surface area is 368 Å². The average molecular weight is 861 g/mol. The van der Waals surface area contributed by atoms with Crippen LogP contribution in [0.3, 0.4) is 0 Å². The molecule has 0 fully saturated rings. The molecule has 3 heterocycles. The molecule has 0 aliphatic rings. The SMILES string of the molecule is C.Cc1cccc(NC(=O)Nc2ccc3nc(C)[nH]c3c2)c1.Cc1nc2ccc(NC(=O)Nc3cccc(F)c3)cc2[nH]1.Cc1nc2ccc(NC(=O)Nc3ccccc3C)cc2[nH]1. The lowest BCUT2D eigenvalue weighted by Gasteiger charge is -2.09. The molecular formula is C48H49FN12O3. The summed E-state index contributed by atoms with van der Waals surface area (Å²) >= 11 is 0. The Kier molecular flexibility index (Phi) is 14.3. The number of aromatic amines is 3. The van der Waals surface area contributed by atoms with Gasteiger partial charge in [0.05, 0.1) is 33.1 Å². The number of hydrogen-bond acceptors (Lipinski definition) is 6. The van der Waals surface area contributed by atoms with Crippen molar-refractivity contribution in [1.82, 2.24) is 29.9 Å². The first kappa shape index (κ1) is 45.0. The number of anilines is 6. The number of nitrogens with one attached hydrogen (secondary N) is 9. The summed E-state index contributed by atoms with van der Waals surface area (Å²) in [7, 11) is 0. The number of aryl methyl sites for hydroxylation is 5. The molecule has 9 aromatic rings. The van der Waals surface area contributed by atoms with Gasteiger partial charge in [-0.05, 0) is 137 Å². The Morgan fingerprint density at radius 1 is 0.438 bits per heavy atom. The summed E-state index contributed by atoms with van der Waals surface area (Å²) in [5, 5.41) is 16.5. The fourth-order valence-corrected chi connectivity index (χ4v) is 6.52. The lowest BCUT2D eigenvalue weighted by Crippen LogP contribution is -2.19. The van der Waals surface area contributed by atoms with Gasteiger partial charge in [0, 0.05) is 34.1 Å². The maximum absolute atomic E-state index is 13.0. The number of carbonyl (C=O) groups is 3. The van der Waals surface area contributed by atoms with Gasteiger partial charge in [0.2, 0.25) is 0 Å². The predicted molar refractivity (Wildman–Crippen MR) is 256 cm³/mol. The average Bonchev–Trinajstić information content (AvgIpc) is 3.92. The fourth-order valence-electron chi connectivity index (χ4n) is 6.52. The highest BCUT2D eigenvalue weighted by Gasteiger charge is 2.09. The molecule has 0 spiro atoms. The molecule has 0 aliphatic heterocycles. The predicted octanol–water partition coefficient (Wildman–Crippen LogP) is 11.9. The van der Waals surface area contributed by atoms with E-state index in [1.807, 2.05) is 126 Å². The standard InChI is InChI=1S/2C16H16N4O.C15H13FN4O.CH4/c1-10-4-3-5-12(8-10)19-16(21)20-13-6-7-14-15(9-13)18-11(2)17-14;1-10-5-3-4-6-13(10)20-16(21)19-12-7-8-14-15(9-12)18-11(2)17-14;1-9-17-13-6-5-12(8-14(13)18-9)20-15(21)19-11-4-2-3-10(16)7-11;/h2*3-9H,1-2H3,(H,17,18)(H2,19,20,21);2-8H,1H3,(H,17,18)(H2,19,20,21);1H4. The third-order valence-electron chi connectivity index (χ3n) is 9.33. The lowest BCUT2D eigenvalue weighted by atomic mass is 10.2. The first-order chi connectivity index (χ1) is 30.3. The van der Waals surface area contributed by atoms with Gasteiger partial charge in [-0.2, -0.15) is 0 Å². The number of H-pyrrole nitrogens is 3. The number of rotatable bonds is 6. The van der Waals surface area contributed by atoms with E-state index in [0.29, 0.717) is 11.4 Å². The molecule has 0 atom stereocenters. The van der Waals surface area contributed by atoms with E-state index in [4.69, 9.17) is 0 Å². The Morgan fingerprint density at radius 3 is 1.25 bits per heavy atom. The smallest absolute Gasteiger partial charge is 0.323 e. The Balaban J connectivity index is 0.000000158. The second-order valence-corrected chi connectivity index (χ2v) is 14.6. The van der Waals surface area contributed by atoms with Crippen LogP contribution in [0.25, 0.3) is 33.1 Å². The summed E-state index contributed by atoms with van der Waals surface area (Å²) in [6.07, 6.45) is 0. The topological polar surface area (TPSA) is 209 Å². The quantitative estimate of drug-likeness (QED) is 0.0793. The van der Waals surface area contributed by atoms with Crippen LogP contribution in [0.1, 0.15) is 36.0 Å². The number of amides is 6. The van der Waals surface area contributed by atoms with E-state index in [1.54, 1.807) is 18.2 Å². The van der Waals surface area contributed by atoms with Crippen LogP contribution in [0, 0.1) is 40.4 Å². The molecule has 0 aliphatic carbocycles. The highest BCUT2D eigenvalue weighted by molar-refractivity contribution is 6.02. The molecule has 0 radical (unpaired) electrons. The third kappa shape index (κ3) is 12.3. The molecule has 6 aromatic carbocycles. The van der Waals surface area contributed by atoms with Crippen LogP contribution in [0.2, 0.25) is 0 Å². The van der Waals surface area contributed by atoms with Crippen LogP contribution in [0.5, 0.6) is 0 Å². The van der Waals surface area contributed by atoms with Crippen molar-refractivity contribution in [2.45, 2.75) is 42.0 Å². The summed E-state index contributed by atoms with van der Waals surface area (Å²) in [6, 6.07) is 36.6.